The lowest BCUT2D eigenvalue weighted by Gasteiger charge is -2.13. The molecule has 2 heterocycles. The van der Waals surface area contributed by atoms with Crippen molar-refractivity contribution >= 4 is 50.6 Å². The average Bonchev–Trinajstić information content (AvgIpc) is 3.04. The molecule has 0 aromatic carbocycles. The van der Waals surface area contributed by atoms with Gasteiger partial charge in [0.05, 0.1) is 6.54 Å². The molecule has 1 unspecified atom stereocenters. The molecule has 2 aromatic rings. The Hall–Kier alpha value is -1.38. The predicted molar refractivity (Wildman–Crippen MR) is 82.1 cm³/mol. The molecule has 2 rings (SSSR count). The number of halogens is 1. The molecule has 0 saturated heterocycles. The van der Waals surface area contributed by atoms with Crippen LogP contribution in [0.4, 0.5) is 4.79 Å². The molecule has 2 amide bonds. The zero-order valence-corrected chi connectivity index (χ0v) is 13.3. The number of amides is 2. The minimum Gasteiger partial charge on any atom is -0.479 e. The largest absolute Gasteiger partial charge is 0.479 e. The zero-order valence-electron chi connectivity index (χ0n) is 10.1. The first-order chi connectivity index (χ1) is 9.56. The van der Waals surface area contributed by atoms with E-state index in [0.717, 1.165) is 9.35 Å². The first-order valence-corrected chi connectivity index (χ1v) is 8.15. The fourth-order valence-electron chi connectivity index (χ4n) is 1.51. The summed E-state index contributed by atoms with van der Waals surface area (Å²) >= 11 is 6.13. The highest BCUT2D eigenvalue weighted by Crippen LogP contribution is 2.20. The topological polar surface area (TPSA) is 78.4 Å². The zero-order chi connectivity index (χ0) is 14.5. The summed E-state index contributed by atoms with van der Waals surface area (Å²) in [7, 11) is 0. The van der Waals surface area contributed by atoms with Gasteiger partial charge in [0, 0.05) is 19.6 Å². The monoisotopic (exact) mass is 374 g/mol. The Morgan fingerprint density at radius 1 is 1.40 bits per heavy atom. The van der Waals surface area contributed by atoms with Gasteiger partial charge in [0.25, 0.3) is 0 Å². The van der Waals surface area contributed by atoms with Gasteiger partial charge in [-0.15, -0.1) is 22.7 Å². The number of carbonyl (C=O) groups excluding carboxylic acids is 1. The molecule has 106 valence electrons. The molecule has 2 aromatic heterocycles. The molecule has 0 radical (unpaired) electrons. The fourth-order valence-corrected chi connectivity index (χ4v) is 3.66. The normalized spacial score (nSPS) is 11.8. The summed E-state index contributed by atoms with van der Waals surface area (Å²) in [6, 6.07) is 3.80. The Balaban J connectivity index is 1.90. The number of hydrogen-bond donors (Lipinski definition) is 3. The average molecular weight is 375 g/mol. The minimum absolute atomic E-state index is 0.360. The van der Waals surface area contributed by atoms with Crippen LogP contribution >= 0.6 is 38.6 Å². The van der Waals surface area contributed by atoms with E-state index in [2.05, 4.69) is 26.6 Å². The van der Waals surface area contributed by atoms with Crippen molar-refractivity contribution in [3.05, 3.63) is 43.2 Å². The number of carboxylic acids is 1. The molecule has 20 heavy (non-hydrogen) atoms. The SMILES string of the molecule is O=C(NCc1cc(Br)cs1)NC(C(=O)O)c1cccs1. The molecular weight excluding hydrogens is 364 g/mol. The van der Waals surface area contributed by atoms with Gasteiger partial charge >= 0.3 is 12.0 Å². The maximum absolute atomic E-state index is 11.7. The van der Waals surface area contributed by atoms with E-state index in [-0.39, 0.29) is 0 Å². The van der Waals surface area contributed by atoms with Crippen molar-refractivity contribution in [1.29, 1.82) is 0 Å². The van der Waals surface area contributed by atoms with Gasteiger partial charge in [0.2, 0.25) is 0 Å². The van der Waals surface area contributed by atoms with Crippen molar-refractivity contribution in [3.8, 4) is 0 Å². The predicted octanol–water partition coefficient (Wildman–Crippen LogP) is 3.20. The van der Waals surface area contributed by atoms with E-state index in [1.54, 1.807) is 17.5 Å². The number of urea groups is 1. The van der Waals surface area contributed by atoms with Crippen LogP contribution in [0.25, 0.3) is 0 Å². The Kier molecular flexibility index (Phi) is 5.16. The Morgan fingerprint density at radius 3 is 2.75 bits per heavy atom. The van der Waals surface area contributed by atoms with Gasteiger partial charge in [-0.05, 0) is 33.4 Å². The van der Waals surface area contributed by atoms with Crippen molar-refractivity contribution in [3.63, 3.8) is 0 Å². The van der Waals surface area contributed by atoms with Gasteiger partial charge in [-0.3, -0.25) is 0 Å². The van der Waals surface area contributed by atoms with Crippen LogP contribution in [0.5, 0.6) is 0 Å². The second-order valence-corrected chi connectivity index (χ2v) is 6.74. The summed E-state index contributed by atoms with van der Waals surface area (Å²) in [6.45, 7) is 0.360. The molecule has 5 nitrogen and oxygen atoms in total. The standard InChI is InChI=1S/C12H11BrN2O3S2/c13-7-4-8(20-6-7)5-14-12(18)15-10(11(16)17)9-2-1-3-19-9/h1-4,6,10H,5H2,(H,16,17)(H2,14,15,18). The molecule has 0 saturated carbocycles. The van der Waals surface area contributed by atoms with E-state index in [0.29, 0.717) is 11.4 Å². The molecule has 0 aliphatic heterocycles. The summed E-state index contributed by atoms with van der Waals surface area (Å²) < 4.78 is 0.960. The third-order valence-corrected chi connectivity index (χ3v) is 5.03. The summed E-state index contributed by atoms with van der Waals surface area (Å²) in [6.07, 6.45) is 0. The lowest BCUT2D eigenvalue weighted by Crippen LogP contribution is -2.40. The van der Waals surface area contributed by atoms with Crippen LogP contribution in [0, 0.1) is 0 Å². The smallest absolute Gasteiger partial charge is 0.331 e. The third kappa shape index (κ3) is 4.06. The molecular formula is C12H11BrN2O3S2. The van der Waals surface area contributed by atoms with E-state index >= 15 is 0 Å². The van der Waals surface area contributed by atoms with Crippen LogP contribution in [-0.2, 0) is 11.3 Å². The molecule has 0 aliphatic rings. The second-order valence-electron chi connectivity index (χ2n) is 3.84. The number of hydrogen-bond acceptors (Lipinski definition) is 4. The van der Waals surface area contributed by atoms with Crippen LogP contribution in [0.3, 0.4) is 0 Å². The molecule has 1 atom stereocenters. The first-order valence-electron chi connectivity index (χ1n) is 5.59. The Bertz CT molecular complexity index is 598. The quantitative estimate of drug-likeness (QED) is 0.751. The van der Waals surface area contributed by atoms with Crippen molar-refractivity contribution in [2.75, 3.05) is 0 Å². The van der Waals surface area contributed by atoms with E-state index in [9.17, 15) is 9.59 Å². The lowest BCUT2D eigenvalue weighted by atomic mass is 10.2. The summed E-state index contributed by atoms with van der Waals surface area (Å²) in [5.41, 5.74) is 0. The third-order valence-electron chi connectivity index (χ3n) is 2.40. The van der Waals surface area contributed by atoms with Gasteiger partial charge in [-0.2, -0.15) is 0 Å². The van der Waals surface area contributed by atoms with E-state index in [1.165, 1.54) is 22.7 Å². The Labute approximate surface area is 131 Å². The highest BCUT2D eigenvalue weighted by Gasteiger charge is 2.22. The molecule has 0 aliphatic carbocycles. The van der Waals surface area contributed by atoms with Crippen molar-refractivity contribution in [2.24, 2.45) is 0 Å². The highest BCUT2D eigenvalue weighted by molar-refractivity contribution is 9.10. The first kappa shape index (κ1) is 15.0. The molecule has 0 spiro atoms. The molecule has 0 bridgehead atoms. The number of rotatable bonds is 5. The van der Waals surface area contributed by atoms with Crippen molar-refractivity contribution in [2.45, 2.75) is 12.6 Å². The molecule has 8 heteroatoms. The maximum atomic E-state index is 11.7. The van der Waals surface area contributed by atoms with Crippen LogP contribution in [-0.4, -0.2) is 17.1 Å². The minimum atomic E-state index is -1.08. The van der Waals surface area contributed by atoms with Gasteiger partial charge in [0.15, 0.2) is 6.04 Å². The number of carbonyl (C=O) groups is 2. The van der Waals surface area contributed by atoms with Crippen LogP contribution in [0.2, 0.25) is 0 Å². The fraction of sp³-hybridized carbons (Fsp3) is 0.167. The second kappa shape index (κ2) is 6.87. The van der Waals surface area contributed by atoms with E-state index in [4.69, 9.17) is 5.11 Å². The van der Waals surface area contributed by atoms with Crippen LogP contribution < -0.4 is 10.6 Å². The van der Waals surface area contributed by atoms with Gasteiger partial charge in [0.1, 0.15) is 0 Å². The van der Waals surface area contributed by atoms with Crippen molar-refractivity contribution < 1.29 is 14.7 Å². The van der Waals surface area contributed by atoms with E-state index in [1.807, 2.05) is 11.4 Å². The van der Waals surface area contributed by atoms with Crippen LogP contribution in [0.15, 0.2) is 33.4 Å². The number of nitrogens with one attached hydrogen (secondary N) is 2. The van der Waals surface area contributed by atoms with Crippen molar-refractivity contribution in [1.82, 2.24) is 10.6 Å². The number of thiophene rings is 2. The van der Waals surface area contributed by atoms with Crippen LogP contribution in [0.1, 0.15) is 15.8 Å². The summed E-state index contributed by atoms with van der Waals surface area (Å²) in [4.78, 5) is 24.5. The lowest BCUT2D eigenvalue weighted by molar-refractivity contribution is -0.139. The Morgan fingerprint density at radius 2 is 2.20 bits per heavy atom. The number of carboxylic acid groups (broad SMARTS) is 1. The summed E-state index contributed by atoms with van der Waals surface area (Å²) in [5.74, 6) is -1.08. The maximum Gasteiger partial charge on any atom is 0.331 e. The molecule has 3 N–H and O–H groups in total. The van der Waals surface area contributed by atoms with Gasteiger partial charge in [-0.25, -0.2) is 9.59 Å². The number of aliphatic carboxylic acids is 1. The van der Waals surface area contributed by atoms with E-state index < -0.39 is 18.0 Å². The van der Waals surface area contributed by atoms with Gasteiger partial charge < -0.3 is 15.7 Å². The molecule has 0 fully saturated rings. The summed E-state index contributed by atoms with van der Waals surface area (Å²) in [5, 5.41) is 17.9. The van der Waals surface area contributed by atoms with Gasteiger partial charge in [-0.1, -0.05) is 6.07 Å². The highest BCUT2D eigenvalue weighted by atomic mass is 79.9.